The molecule has 5 heteroatoms. The van der Waals surface area contributed by atoms with Crippen molar-refractivity contribution in [3.63, 3.8) is 0 Å². The van der Waals surface area contributed by atoms with Gasteiger partial charge in [0.15, 0.2) is 6.29 Å². The molecule has 0 saturated carbocycles. The molecule has 0 aromatic carbocycles. The van der Waals surface area contributed by atoms with Gasteiger partial charge in [0.05, 0.1) is 11.8 Å². The van der Waals surface area contributed by atoms with Crippen molar-refractivity contribution in [1.29, 1.82) is 0 Å². The van der Waals surface area contributed by atoms with Gasteiger partial charge in [-0.05, 0) is 0 Å². The number of hydrogen-bond donors (Lipinski definition) is 0. The van der Waals surface area contributed by atoms with Gasteiger partial charge in [-0.3, -0.25) is 9.48 Å². The zero-order valence-corrected chi connectivity index (χ0v) is 6.28. The van der Waals surface area contributed by atoms with Crippen LogP contribution in [0.4, 0.5) is 8.78 Å². The number of rotatable bonds is 4. The number of carbonyl (C=O) groups is 1. The summed E-state index contributed by atoms with van der Waals surface area (Å²) in [5.41, 5.74) is 0.407. The molecule has 66 valence electrons. The molecule has 0 saturated heterocycles. The first-order valence-electron chi connectivity index (χ1n) is 3.48. The monoisotopic (exact) mass is 174 g/mol. The zero-order valence-electron chi connectivity index (χ0n) is 6.28. The molecular formula is C7H8F2N2O. The van der Waals surface area contributed by atoms with Crippen LogP contribution >= 0.6 is 0 Å². The fourth-order valence-electron chi connectivity index (χ4n) is 0.793. The second-order valence-electron chi connectivity index (χ2n) is 2.33. The SMILES string of the molecule is O=Cc1cnn(CCC(F)F)c1. The van der Waals surface area contributed by atoms with Crippen LogP contribution in [0, 0.1) is 0 Å². The molecule has 3 nitrogen and oxygen atoms in total. The number of aromatic nitrogens is 2. The van der Waals surface area contributed by atoms with Gasteiger partial charge in [0.2, 0.25) is 6.43 Å². The number of aryl methyl sites for hydroxylation is 1. The van der Waals surface area contributed by atoms with E-state index in [1.54, 1.807) is 0 Å². The van der Waals surface area contributed by atoms with Gasteiger partial charge in [-0.25, -0.2) is 8.78 Å². The lowest BCUT2D eigenvalue weighted by molar-refractivity contribution is 0.112. The molecule has 0 unspecified atom stereocenters. The van der Waals surface area contributed by atoms with Crippen LogP contribution in [0.15, 0.2) is 12.4 Å². The van der Waals surface area contributed by atoms with E-state index in [2.05, 4.69) is 5.10 Å². The molecule has 1 aromatic heterocycles. The maximum absolute atomic E-state index is 11.7. The van der Waals surface area contributed by atoms with E-state index in [0.29, 0.717) is 11.8 Å². The predicted octanol–water partition coefficient (Wildman–Crippen LogP) is 1.35. The van der Waals surface area contributed by atoms with Crippen molar-refractivity contribution in [2.45, 2.75) is 19.4 Å². The Morgan fingerprint density at radius 2 is 2.42 bits per heavy atom. The fraction of sp³-hybridized carbons (Fsp3) is 0.429. The summed E-state index contributed by atoms with van der Waals surface area (Å²) in [6.07, 6.45) is 0.855. The molecule has 1 heterocycles. The van der Waals surface area contributed by atoms with E-state index in [-0.39, 0.29) is 13.0 Å². The van der Waals surface area contributed by atoms with Crippen LogP contribution < -0.4 is 0 Å². The van der Waals surface area contributed by atoms with Crippen molar-refractivity contribution < 1.29 is 13.6 Å². The Morgan fingerprint density at radius 1 is 1.67 bits per heavy atom. The maximum Gasteiger partial charge on any atom is 0.240 e. The molecule has 0 atom stereocenters. The quantitative estimate of drug-likeness (QED) is 0.646. The van der Waals surface area contributed by atoms with Crippen LogP contribution in [0.1, 0.15) is 16.8 Å². The molecule has 1 aromatic rings. The van der Waals surface area contributed by atoms with Crippen LogP contribution in [0.5, 0.6) is 0 Å². The van der Waals surface area contributed by atoms with Gasteiger partial charge >= 0.3 is 0 Å². The van der Waals surface area contributed by atoms with Gasteiger partial charge in [-0.2, -0.15) is 5.10 Å². The molecular weight excluding hydrogens is 166 g/mol. The smallest absolute Gasteiger partial charge is 0.240 e. The van der Waals surface area contributed by atoms with Gasteiger partial charge in [0.25, 0.3) is 0 Å². The Hall–Kier alpha value is -1.26. The van der Waals surface area contributed by atoms with Crippen LogP contribution in [-0.2, 0) is 6.54 Å². The number of aldehydes is 1. The maximum atomic E-state index is 11.7. The van der Waals surface area contributed by atoms with E-state index < -0.39 is 6.43 Å². The van der Waals surface area contributed by atoms with E-state index in [1.165, 1.54) is 17.1 Å². The van der Waals surface area contributed by atoms with Crippen molar-refractivity contribution in [3.05, 3.63) is 18.0 Å². The first kappa shape index (κ1) is 8.83. The summed E-state index contributed by atoms with van der Waals surface area (Å²) in [6, 6.07) is 0. The first-order valence-corrected chi connectivity index (χ1v) is 3.48. The molecule has 1 rings (SSSR count). The lowest BCUT2D eigenvalue weighted by Gasteiger charge is -1.98. The molecule has 0 N–H and O–H groups in total. The second kappa shape index (κ2) is 3.94. The highest BCUT2D eigenvalue weighted by atomic mass is 19.3. The number of nitrogens with zero attached hydrogens (tertiary/aromatic N) is 2. The zero-order chi connectivity index (χ0) is 8.97. The molecule has 12 heavy (non-hydrogen) atoms. The first-order chi connectivity index (χ1) is 5.72. The standard InChI is InChI=1S/C7H8F2N2O/c8-7(9)1-2-11-4-6(5-12)3-10-11/h3-5,7H,1-2H2. The molecule has 0 spiro atoms. The average molecular weight is 174 g/mol. The van der Waals surface area contributed by atoms with Crippen molar-refractivity contribution in [3.8, 4) is 0 Å². The number of carbonyl (C=O) groups excluding carboxylic acids is 1. The summed E-state index contributed by atoms with van der Waals surface area (Å²) >= 11 is 0. The highest BCUT2D eigenvalue weighted by molar-refractivity contribution is 5.73. The summed E-state index contributed by atoms with van der Waals surface area (Å²) in [4.78, 5) is 10.2. The number of hydrogen-bond acceptors (Lipinski definition) is 2. The van der Waals surface area contributed by atoms with Gasteiger partial charge in [0.1, 0.15) is 0 Å². The van der Waals surface area contributed by atoms with Crippen molar-refractivity contribution >= 4 is 6.29 Å². The van der Waals surface area contributed by atoms with Crippen molar-refractivity contribution in [2.75, 3.05) is 0 Å². The molecule has 0 aliphatic heterocycles. The molecule has 0 aliphatic carbocycles. The van der Waals surface area contributed by atoms with Crippen molar-refractivity contribution in [1.82, 2.24) is 9.78 Å². The molecule has 0 amide bonds. The van der Waals surface area contributed by atoms with E-state index in [9.17, 15) is 13.6 Å². The highest BCUT2D eigenvalue weighted by Crippen LogP contribution is 2.02. The minimum atomic E-state index is -2.33. The van der Waals surface area contributed by atoms with E-state index in [1.807, 2.05) is 0 Å². The third kappa shape index (κ3) is 2.41. The van der Waals surface area contributed by atoms with Crippen LogP contribution in [0.2, 0.25) is 0 Å². The third-order valence-corrected chi connectivity index (χ3v) is 1.37. The minimum Gasteiger partial charge on any atom is -0.298 e. The third-order valence-electron chi connectivity index (χ3n) is 1.37. The Balaban J connectivity index is 2.47. The van der Waals surface area contributed by atoms with Gasteiger partial charge in [0, 0.05) is 19.2 Å². The average Bonchev–Trinajstić information content (AvgIpc) is 2.48. The Kier molecular flexibility index (Phi) is 2.90. The summed E-state index contributed by atoms with van der Waals surface area (Å²) in [7, 11) is 0. The lowest BCUT2D eigenvalue weighted by atomic mass is 10.4. The van der Waals surface area contributed by atoms with Crippen molar-refractivity contribution in [2.24, 2.45) is 0 Å². The number of halogens is 2. The topological polar surface area (TPSA) is 34.9 Å². The van der Waals surface area contributed by atoms with E-state index in [4.69, 9.17) is 0 Å². The minimum absolute atomic E-state index is 0.144. The number of alkyl halides is 2. The Labute approximate surface area is 68.0 Å². The normalized spacial score (nSPS) is 10.6. The largest absolute Gasteiger partial charge is 0.298 e. The van der Waals surface area contributed by atoms with Gasteiger partial charge < -0.3 is 0 Å². The van der Waals surface area contributed by atoms with Crippen LogP contribution in [0.3, 0.4) is 0 Å². The summed E-state index contributed by atoms with van der Waals surface area (Å²) in [5.74, 6) is 0. The molecule has 0 aliphatic rings. The fourth-order valence-corrected chi connectivity index (χ4v) is 0.793. The lowest BCUT2D eigenvalue weighted by Crippen LogP contribution is -2.02. The highest BCUT2D eigenvalue weighted by Gasteiger charge is 2.03. The van der Waals surface area contributed by atoms with E-state index >= 15 is 0 Å². The van der Waals surface area contributed by atoms with Crippen LogP contribution in [0.25, 0.3) is 0 Å². The summed E-state index contributed by atoms with van der Waals surface area (Å²) in [6.45, 7) is 0.144. The summed E-state index contributed by atoms with van der Waals surface area (Å²) in [5, 5.41) is 3.71. The van der Waals surface area contributed by atoms with E-state index in [0.717, 1.165) is 0 Å². The molecule has 0 fully saturated rings. The Bertz CT molecular complexity index is 260. The predicted molar refractivity (Wildman–Crippen MR) is 38.2 cm³/mol. The molecule has 0 radical (unpaired) electrons. The Morgan fingerprint density at radius 3 is 2.92 bits per heavy atom. The molecule has 0 bridgehead atoms. The van der Waals surface area contributed by atoms with Crippen LogP contribution in [-0.4, -0.2) is 22.5 Å². The van der Waals surface area contributed by atoms with Gasteiger partial charge in [-0.15, -0.1) is 0 Å². The summed E-state index contributed by atoms with van der Waals surface area (Å²) < 4.78 is 24.7. The van der Waals surface area contributed by atoms with Gasteiger partial charge in [-0.1, -0.05) is 0 Å². The second-order valence-corrected chi connectivity index (χ2v) is 2.33.